The van der Waals surface area contributed by atoms with Gasteiger partial charge in [-0.1, -0.05) is 11.6 Å². The summed E-state index contributed by atoms with van der Waals surface area (Å²) in [7, 11) is 1.63. The molecule has 5 heterocycles. The number of rotatable bonds is 6. The van der Waals surface area contributed by atoms with Gasteiger partial charge in [0.25, 0.3) is 0 Å². The van der Waals surface area contributed by atoms with Crippen molar-refractivity contribution in [2.24, 2.45) is 0 Å². The summed E-state index contributed by atoms with van der Waals surface area (Å²) in [4.78, 5) is 23.8. The quantitative estimate of drug-likeness (QED) is 0.380. The van der Waals surface area contributed by atoms with Crippen molar-refractivity contribution in [3.05, 3.63) is 52.8 Å². The molecule has 1 atom stereocenters. The van der Waals surface area contributed by atoms with Gasteiger partial charge in [0.2, 0.25) is 5.88 Å². The minimum atomic E-state index is -0.155. The molecule has 1 fully saturated rings. The fourth-order valence-corrected chi connectivity index (χ4v) is 4.69. The third kappa shape index (κ3) is 4.14. The highest BCUT2D eigenvalue weighted by Crippen LogP contribution is 2.35. The topological polar surface area (TPSA) is 91.8 Å². The van der Waals surface area contributed by atoms with Crippen LogP contribution in [0.1, 0.15) is 42.9 Å². The molecule has 5 rings (SSSR count). The van der Waals surface area contributed by atoms with E-state index in [9.17, 15) is 0 Å². The summed E-state index contributed by atoms with van der Waals surface area (Å²) < 4.78 is 5.58. The fraction of sp³-hybridized carbons (Fsp3) is 0.360. The highest BCUT2D eigenvalue weighted by atomic mass is 35.5. The number of aromatic nitrogens is 5. The van der Waals surface area contributed by atoms with Crippen LogP contribution in [0.4, 0.5) is 11.5 Å². The first-order valence-electron chi connectivity index (χ1n) is 11.5. The van der Waals surface area contributed by atoms with Gasteiger partial charge in [-0.2, -0.15) is 0 Å². The smallest absolute Gasteiger partial charge is 0.218 e. The molecule has 4 aromatic rings. The summed E-state index contributed by atoms with van der Waals surface area (Å²) in [5.74, 6) is 1.81. The number of H-pyrrole nitrogens is 1. The van der Waals surface area contributed by atoms with Gasteiger partial charge in [-0.25, -0.2) is 19.9 Å². The summed E-state index contributed by atoms with van der Waals surface area (Å²) in [6.07, 6.45) is 8.23. The number of fused-ring (bicyclic) bond motifs is 1. The van der Waals surface area contributed by atoms with E-state index in [0.717, 1.165) is 52.2 Å². The van der Waals surface area contributed by atoms with E-state index in [2.05, 4.69) is 47.3 Å². The number of anilines is 2. The average Bonchev–Trinajstić information content (AvgIpc) is 3.51. The number of aryl methyl sites for hydroxylation is 2. The molecule has 0 bridgehead atoms. The lowest BCUT2D eigenvalue weighted by Crippen LogP contribution is -2.17. The predicted molar refractivity (Wildman–Crippen MR) is 136 cm³/mol. The van der Waals surface area contributed by atoms with Crippen LogP contribution in [0.2, 0.25) is 5.02 Å². The minimum Gasteiger partial charge on any atom is -0.481 e. The zero-order valence-electron chi connectivity index (χ0n) is 19.8. The van der Waals surface area contributed by atoms with E-state index in [1.807, 2.05) is 39.4 Å². The summed E-state index contributed by atoms with van der Waals surface area (Å²) in [6.45, 7) is 7.92. The van der Waals surface area contributed by atoms with Crippen molar-refractivity contribution in [1.82, 2.24) is 24.9 Å². The molecule has 1 aliphatic rings. The number of nitrogens with one attached hydrogen (secondary N) is 2. The van der Waals surface area contributed by atoms with Crippen LogP contribution in [0.15, 0.2) is 30.7 Å². The van der Waals surface area contributed by atoms with Gasteiger partial charge in [0.15, 0.2) is 0 Å². The Balaban J connectivity index is 1.52. The van der Waals surface area contributed by atoms with Gasteiger partial charge in [-0.05, 0) is 45.7 Å². The lowest BCUT2D eigenvalue weighted by Gasteiger charge is -2.19. The predicted octanol–water partition coefficient (Wildman–Crippen LogP) is 5.47. The first kappa shape index (κ1) is 22.4. The van der Waals surface area contributed by atoms with E-state index >= 15 is 0 Å². The van der Waals surface area contributed by atoms with Crippen molar-refractivity contribution in [1.29, 1.82) is 0 Å². The Hall–Kier alpha value is -3.39. The number of aromatic amines is 1. The molecule has 0 saturated carbocycles. The Kier molecular flexibility index (Phi) is 6.00. The second-order valence-corrected chi connectivity index (χ2v) is 9.07. The standard InChI is InChI=1S/C25H28ClN7O/c1-14(31-24-22(26)15(2)30-16(3)32-24)19-9-17(11-29-25(19)34-4)21-13-28-23-20(21)10-18(12-27-23)33-7-5-6-8-33/h9-14H,5-8H2,1-4H3,(H,27,28)(H,30,31,32)/t14-/m0/s1. The van der Waals surface area contributed by atoms with E-state index in [1.54, 1.807) is 7.11 Å². The maximum Gasteiger partial charge on any atom is 0.218 e. The molecule has 176 valence electrons. The fourth-order valence-electron chi connectivity index (χ4n) is 4.55. The van der Waals surface area contributed by atoms with E-state index in [4.69, 9.17) is 16.3 Å². The number of hydrogen-bond donors (Lipinski definition) is 2. The van der Waals surface area contributed by atoms with Crippen LogP contribution < -0.4 is 15.0 Å². The largest absolute Gasteiger partial charge is 0.481 e. The van der Waals surface area contributed by atoms with Gasteiger partial charge in [-0.15, -0.1) is 0 Å². The Bertz CT molecular complexity index is 1350. The van der Waals surface area contributed by atoms with Crippen LogP contribution in [0, 0.1) is 13.8 Å². The summed E-state index contributed by atoms with van der Waals surface area (Å²) in [5.41, 5.74) is 5.70. The van der Waals surface area contributed by atoms with Crippen molar-refractivity contribution in [3.63, 3.8) is 0 Å². The van der Waals surface area contributed by atoms with Crippen molar-refractivity contribution in [2.75, 3.05) is 30.4 Å². The van der Waals surface area contributed by atoms with Crippen LogP contribution in [0.25, 0.3) is 22.2 Å². The summed E-state index contributed by atoms with van der Waals surface area (Å²) in [6, 6.07) is 4.16. The lowest BCUT2D eigenvalue weighted by molar-refractivity contribution is 0.391. The molecule has 0 aliphatic carbocycles. The second-order valence-electron chi connectivity index (χ2n) is 8.69. The molecule has 0 radical (unpaired) electrons. The van der Waals surface area contributed by atoms with Crippen LogP contribution in [0.3, 0.4) is 0 Å². The van der Waals surface area contributed by atoms with E-state index < -0.39 is 0 Å². The number of methoxy groups -OCH3 is 1. The van der Waals surface area contributed by atoms with Gasteiger partial charge < -0.3 is 19.9 Å². The SMILES string of the molecule is COc1ncc(-c2c[nH]c3ncc(N4CCCC4)cc23)cc1[C@H](C)Nc1nc(C)nc(C)c1Cl. The van der Waals surface area contributed by atoms with Crippen LogP contribution in [0.5, 0.6) is 5.88 Å². The zero-order chi connectivity index (χ0) is 23.8. The lowest BCUT2D eigenvalue weighted by atomic mass is 10.0. The minimum absolute atomic E-state index is 0.155. The highest BCUT2D eigenvalue weighted by molar-refractivity contribution is 6.33. The van der Waals surface area contributed by atoms with Gasteiger partial charge >= 0.3 is 0 Å². The molecule has 0 amide bonds. The normalized spacial score (nSPS) is 14.6. The Labute approximate surface area is 203 Å². The van der Waals surface area contributed by atoms with E-state index in [1.165, 1.54) is 12.8 Å². The molecule has 1 saturated heterocycles. The highest BCUT2D eigenvalue weighted by Gasteiger charge is 2.20. The Morgan fingerprint density at radius 3 is 2.68 bits per heavy atom. The molecule has 4 aromatic heterocycles. The summed E-state index contributed by atoms with van der Waals surface area (Å²) in [5, 5.41) is 5.00. The molecule has 2 N–H and O–H groups in total. The molecule has 1 aliphatic heterocycles. The van der Waals surface area contributed by atoms with Gasteiger partial charge in [0, 0.05) is 47.6 Å². The average molecular weight is 478 g/mol. The molecule has 0 unspecified atom stereocenters. The van der Waals surface area contributed by atoms with Gasteiger partial charge in [0.1, 0.15) is 22.3 Å². The molecular weight excluding hydrogens is 450 g/mol. The number of nitrogens with zero attached hydrogens (tertiary/aromatic N) is 5. The summed E-state index contributed by atoms with van der Waals surface area (Å²) >= 11 is 6.47. The zero-order valence-corrected chi connectivity index (χ0v) is 20.6. The molecule has 0 spiro atoms. The number of pyridine rings is 2. The number of halogens is 1. The molecule has 9 heteroatoms. The molecule has 0 aromatic carbocycles. The Morgan fingerprint density at radius 2 is 1.91 bits per heavy atom. The van der Waals surface area contributed by atoms with Crippen LogP contribution >= 0.6 is 11.6 Å². The maximum absolute atomic E-state index is 6.47. The first-order chi connectivity index (χ1) is 16.4. The molecule has 34 heavy (non-hydrogen) atoms. The molecular formula is C25H28ClN7O. The van der Waals surface area contributed by atoms with Crippen molar-refractivity contribution in [2.45, 2.75) is 39.7 Å². The third-order valence-corrected chi connectivity index (χ3v) is 6.77. The van der Waals surface area contributed by atoms with E-state index in [-0.39, 0.29) is 6.04 Å². The monoisotopic (exact) mass is 477 g/mol. The number of ether oxygens (including phenoxy) is 1. The van der Waals surface area contributed by atoms with Crippen LogP contribution in [-0.4, -0.2) is 45.1 Å². The maximum atomic E-state index is 6.47. The van der Waals surface area contributed by atoms with Gasteiger partial charge in [0.05, 0.1) is 30.7 Å². The van der Waals surface area contributed by atoms with Crippen molar-refractivity contribution in [3.8, 4) is 17.0 Å². The second kappa shape index (κ2) is 9.10. The van der Waals surface area contributed by atoms with E-state index in [0.29, 0.717) is 22.5 Å². The first-order valence-corrected chi connectivity index (χ1v) is 11.9. The van der Waals surface area contributed by atoms with Crippen LogP contribution in [-0.2, 0) is 0 Å². The third-order valence-electron chi connectivity index (χ3n) is 6.32. The Morgan fingerprint density at radius 1 is 1.12 bits per heavy atom. The molecule has 8 nitrogen and oxygen atoms in total. The van der Waals surface area contributed by atoms with Crippen molar-refractivity contribution >= 4 is 34.1 Å². The van der Waals surface area contributed by atoms with Gasteiger partial charge in [-0.3, -0.25) is 0 Å². The number of hydrogen-bond acceptors (Lipinski definition) is 7. The van der Waals surface area contributed by atoms with Crippen molar-refractivity contribution < 1.29 is 4.74 Å².